The summed E-state index contributed by atoms with van der Waals surface area (Å²) >= 11 is 0. The van der Waals surface area contributed by atoms with Gasteiger partial charge in [-0.3, -0.25) is 4.79 Å². The number of carbonyl (C=O) groups excluding carboxylic acids is 1. The monoisotopic (exact) mass is 378 g/mol. The van der Waals surface area contributed by atoms with Crippen molar-refractivity contribution in [3.8, 4) is 11.4 Å². The molecule has 2 aromatic rings. The molecule has 1 fully saturated rings. The van der Waals surface area contributed by atoms with Gasteiger partial charge in [-0.05, 0) is 18.4 Å². The van der Waals surface area contributed by atoms with Crippen LogP contribution in [0.2, 0.25) is 0 Å². The van der Waals surface area contributed by atoms with E-state index in [1.54, 1.807) is 0 Å². The van der Waals surface area contributed by atoms with Crippen LogP contribution < -0.4 is 5.32 Å². The fourth-order valence-electron chi connectivity index (χ4n) is 3.06. The van der Waals surface area contributed by atoms with Gasteiger partial charge in [0.05, 0.1) is 0 Å². The predicted octanol–water partition coefficient (Wildman–Crippen LogP) is 3.03. The van der Waals surface area contributed by atoms with E-state index >= 15 is 0 Å². The van der Waals surface area contributed by atoms with Crippen LogP contribution in [0.1, 0.15) is 44.6 Å². The molecule has 1 aliphatic rings. The normalized spacial score (nSPS) is 17.2. The Balaban J connectivity index is 0.00000243. The van der Waals surface area contributed by atoms with Crippen LogP contribution in [0.15, 0.2) is 28.8 Å². The third-order valence-corrected chi connectivity index (χ3v) is 4.68. The van der Waals surface area contributed by atoms with E-state index in [4.69, 9.17) is 4.52 Å². The number of nitrogens with zero attached hydrogens (tertiary/aromatic N) is 3. The van der Waals surface area contributed by atoms with Crippen molar-refractivity contribution in [3.63, 3.8) is 0 Å². The summed E-state index contributed by atoms with van der Waals surface area (Å²) in [5, 5.41) is 7.34. The Bertz CT molecular complexity index is 715. The third-order valence-electron chi connectivity index (χ3n) is 4.68. The minimum absolute atomic E-state index is 0. The first-order chi connectivity index (χ1) is 12.0. The molecule has 1 aliphatic heterocycles. The molecule has 0 bridgehead atoms. The summed E-state index contributed by atoms with van der Waals surface area (Å²) in [6.07, 6.45) is 0.880. The summed E-state index contributed by atoms with van der Waals surface area (Å²) in [5.74, 6) is 1.73. The molecule has 0 unspecified atom stereocenters. The number of aryl methyl sites for hydroxylation is 1. The lowest BCUT2D eigenvalue weighted by molar-refractivity contribution is -0.134. The summed E-state index contributed by atoms with van der Waals surface area (Å²) in [6.45, 7) is 8.86. The van der Waals surface area contributed by atoms with Crippen LogP contribution in [0.25, 0.3) is 11.4 Å². The molecule has 1 aromatic heterocycles. The number of carbonyl (C=O) groups is 1. The molecule has 26 heavy (non-hydrogen) atoms. The Morgan fingerprint density at radius 3 is 2.73 bits per heavy atom. The van der Waals surface area contributed by atoms with Crippen LogP contribution in [-0.4, -0.2) is 46.6 Å². The van der Waals surface area contributed by atoms with Gasteiger partial charge in [-0.1, -0.05) is 43.3 Å². The zero-order valence-electron chi connectivity index (χ0n) is 15.6. The Hall–Kier alpha value is -1.92. The summed E-state index contributed by atoms with van der Waals surface area (Å²) in [4.78, 5) is 18.7. The van der Waals surface area contributed by atoms with E-state index in [1.165, 1.54) is 5.56 Å². The highest BCUT2D eigenvalue weighted by Crippen LogP contribution is 2.21. The van der Waals surface area contributed by atoms with Gasteiger partial charge >= 0.3 is 0 Å². The van der Waals surface area contributed by atoms with Gasteiger partial charge < -0.3 is 14.7 Å². The highest BCUT2D eigenvalue weighted by atomic mass is 35.5. The second kappa shape index (κ2) is 9.14. The molecule has 0 aliphatic carbocycles. The zero-order chi connectivity index (χ0) is 17.8. The number of nitrogens with one attached hydrogen (secondary N) is 1. The fraction of sp³-hybridized carbons (Fsp3) is 0.526. The molecule has 1 atom stereocenters. The quantitative estimate of drug-likeness (QED) is 0.865. The molecule has 0 saturated carbocycles. The van der Waals surface area contributed by atoms with E-state index in [2.05, 4.69) is 48.4 Å². The first kappa shape index (κ1) is 20.4. The summed E-state index contributed by atoms with van der Waals surface area (Å²) in [5.41, 5.74) is 2.21. The average molecular weight is 379 g/mol. The van der Waals surface area contributed by atoms with Crippen LogP contribution in [0, 0.1) is 0 Å². The van der Waals surface area contributed by atoms with Crippen LogP contribution in [0.5, 0.6) is 0 Å². The van der Waals surface area contributed by atoms with Crippen LogP contribution in [0.4, 0.5) is 0 Å². The van der Waals surface area contributed by atoms with Gasteiger partial charge in [0.25, 0.3) is 0 Å². The minimum atomic E-state index is 0. The highest BCUT2D eigenvalue weighted by molar-refractivity contribution is 5.85. The van der Waals surface area contributed by atoms with Crippen LogP contribution in [0.3, 0.4) is 0 Å². The number of piperazine rings is 1. The molecule has 1 saturated heterocycles. The molecule has 142 valence electrons. The number of amides is 1. The summed E-state index contributed by atoms with van der Waals surface area (Å²) in [7, 11) is 0. The minimum Gasteiger partial charge on any atom is -0.339 e. The fourth-order valence-corrected chi connectivity index (χ4v) is 3.06. The van der Waals surface area contributed by atoms with E-state index < -0.39 is 0 Å². The molecule has 6 nitrogen and oxygen atoms in total. The standard InChI is InChI=1S/C19H26N4O2.ClH/c1-13(2)15-4-6-16(7-5-15)19-21-17(25-22-19)8-9-18(24)23-11-10-20-12-14(23)3;/h4-7,13-14,20H,8-12H2,1-3H3;1H/t14-;/m0./s1. The van der Waals surface area contributed by atoms with Gasteiger partial charge in [-0.2, -0.15) is 4.98 Å². The maximum atomic E-state index is 12.4. The van der Waals surface area contributed by atoms with Gasteiger partial charge in [0.1, 0.15) is 0 Å². The Morgan fingerprint density at radius 2 is 2.08 bits per heavy atom. The summed E-state index contributed by atoms with van der Waals surface area (Å²) in [6, 6.07) is 8.44. The van der Waals surface area contributed by atoms with Crippen molar-refractivity contribution in [1.29, 1.82) is 0 Å². The molecule has 3 rings (SSSR count). The third kappa shape index (κ3) is 4.83. The van der Waals surface area contributed by atoms with E-state index in [-0.39, 0.29) is 24.4 Å². The number of benzene rings is 1. The van der Waals surface area contributed by atoms with Gasteiger partial charge in [0, 0.05) is 44.1 Å². The van der Waals surface area contributed by atoms with Crippen LogP contribution in [-0.2, 0) is 11.2 Å². The molecular formula is C19H27ClN4O2. The van der Waals surface area contributed by atoms with Crippen LogP contribution >= 0.6 is 12.4 Å². The average Bonchev–Trinajstić information content (AvgIpc) is 3.09. The van der Waals surface area contributed by atoms with E-state index in [0.29, 0.717) is 30.5 Å². The van der Waals surface area contributed by atoms with E-state index in [0.717, 1.165) is 25.2 Å². The Kier molecular flexibility index (Phi) is 7.17. The van der Waals surface area contributed by atoms with Crippen molar-refractivity contribution >= 4 is 18.3 Å². The highest BCUT2D eigenvalue weighted by Gasteiger charge is 2.23. The molecule has 1 N–H and O–H groups in total. The Labute approximate surface area is 160 Å². The maximum Gasteiger partial charge on any atom is 0.227 e. The van der Waals surface area contributed by atoms with Crippen molar-refractivity contribution in [2.24, 2.45) is 0 Å². The molecule has 0 radical (unpaired) electrons. The topological polar surface area (TPSA) is 71.3 Å². The number of aromatic nitrogens is 2. The van der Waals surface area contributed by atoms with E-state index in [9.17, 15) is 4.79 Å². The molecule has 1 aromatic carbocycles. The second-order valence-electron chi connectivity index (χ2n) is 6.93. The van der Waals surface area contributed by atoms with Crippen molar-refractivity contribution in [2.75, 3.05) is 19.6 Å². The Morgan fingerprint density at radius 1 is 1.35 bits per heavy atom. The predicted molar refractivity (Wildman–Crippen MR) is 103 cm³/mol. The summed E-state index contributed by atoms with van der Waals surface area (Å²) < 4.78 is 5.32. The maximum absolute atomic E-state index is 12.4. The molecule has 1 amide bonds. The van der Waals surface area contributed by atoms with Gasteiger partial charge in [0.2, 0.25) is 17.6 Å². The largest absolute Gasteiger partial charge is 0.339 e. The number of rotatable bonds is 5. The first-order valence-electron chi connectivity index (χ1n) is 8.97. The lowest BCUT2D eigenvalue weighted by atomic mass is 10.0. The number of halogens is 1. The number of hydrogen-bond donors (Lipinski definition) is 1. The van der Waals surface area contributed by atoms with Gasteiger partial charge in [0.15, 0.2) is 0 Å². The van der Waals surface area contributed by atoms with Gasteiger partial charge in [-0.15, -0.1) is 12.4 Å². The smallest absolute Gasteiger partial charge is 0.227 e. The second-order valence-corrected chi connectivity index (χ2v) is 6.93. The number of hydrogen-bond acceptors (Lipinski definition) is 5. The SMILES string of the molecule is CC(C)c1ccc(-c2noc(CCC(=O)N3CCNC[C@@H]3C)n2)cc1.Cl. The van der Waals surface area contributed by atoms with Gasteiger partial charge in [-0.25, -0.2) is 0 Å². The lowest BCUT2D eigenvalue weighted by Crippen LogP contribution is -2.52. The first-order valence-corrected chi connectivity index (χ1v) is 8.97. The van der Waals surface area contributed by atoms with Crippen molar-refractivity contribution in [1.82, 2.24) is 20.4 Å². The molecular weight excluding hydrogens is 352 g/mol. The molecule has 2 heterocycles. The van der Waals surface area contributed by atoms with E-state index in [1.807, 2.05) is 17.0 Å². The van der Waals surface area contributed by atoms with Crippen molar-refractivity contribution in [2.45, 2.75) is 45.6 Å². The van der Waals surface area contributed by atoms with Crippen molar-refractivity contribution in [3.05, 3.63) is 35.7 Å². The molecule has 7 heteroatoms. The zero-order valence-corrected chi connectivity index (χ0v) is 16.4. The van der Waals surface area contributed by atoms with Crippen molar-refractivity contribution < 1.29 is 9.32 Å². The molecule has 0 spiro atoms. The lowest BCUT2D eigenvalue weighted by Gasteiger charge is -2.34.